The molecule has 1 aromatic rings. The lowest BCUT2D eigenvalue weighted by Gasteiger charge is -2.37. The second kappa shape index (κ2) is 8.23. The van der Waals surface area contributed by atoms with E-state index in [2.05, 4.69) is 27.1 Å². The number of ether oxygens (including phenoxy) is 2. The molecule has 2 unspecified atom stereocenters. The van der Waals surface area contributed by atoms with Gasteiger partial charge in [0.2, 0.25) is 5.95 Å². The fourth-order valence-electron chi connectivity index (χ4n) is 2.20. The zero-order chi connectivity index (χ0) is 15.1. The molecule has 0 bridgehead atoms. The lowest BCUT2D eigenvalue weighted by atomic mass is 10.2. The van der Waals surface area contributed by atoms with Crippen molar-refractivity contribution >= 4 is 5.95 Å². The van der Waals surface area contributed by atoms with Gasteiger partial charge in [-0.25, -0.2) is 9.97 Å². The molecule has 0 saturated carbocycles. The number of hydrogen-bond acceptors (Lipinski definition) is 7. The summed E-state index contributed by atoms with van der Waals surface area (Å²) in [5, 5.41) is 12.5. The first kappa shape index (κ1) is 16.1. The molecule has 21 heavy (non-hydrogen) atoms. The molecule has 0 amide bonds. The number of anilines is 1. The molecule has 1 fully saturated rings. The molecule has 1 aromatic heterocycles. The third kappa shape index (κ3) is 4.60. The van der Waals surface area contributed by atoms with Gasteiger partial charge in [0.05, 0.1) is 32.0 Å². The molecular weight excluding hydrogens is 272 g/mol. The number of rotatable bonds is 7. The van der Waals surface area contributed by atoms with Crippen molar-refractivity contribution in [1.82, 2.24) is 15.3 Å². The van der Waals surface area contributed by atoms with Crippen LogP contribution < -0.4 is 10.2 Å². The summed E-state index contributed by atoms with van der Waals surface area (Å²) in [5.74, 6) is 0.685. The van der Waals surface area contributed by atoms with Gasteiger partial charge in [0.15, 0.2) is 0 Å². The predicted octanol–water partition coefficient (Wildman–Crippen LogP) is -0.201. The Morgan fingerprint density at radius 3 is 2.90 bits per heavy atom. The van der Waals surface area contributed by atoms with Gasteiger partial charge < -0.3 is 24.8 Å². The van der Waals surface area contributed by atoms with Crippen LogP contribution >= 0.6 is 0 Å². The monoisotopic (exact) mass is 296 g/mol. The largest absolute Gasteiger partial charge is 0.394 e. The quantitative estimate of drug-likeness (QED) is 0.674. The van der Waals surface area contributed by atoms with Crippen molar-refractivity contribution in [3.05, 3.63) is 18.0 Å². The number of aliphatic hydroxyl groups excluding tert-OH is 1. The summed E-state index contributed by atoms with van der Waals surface area (Å²) in [6.45, 7) is 5.49. The van der Waals surface area contributed by atoms with Gasteiger partial charge in [-0.15, -0.1) is 0 Å². The van der Waals surface area contributed by atoms with E-state index in [9.17, 15) is 5.11 Å². The van der Waals surface area contributed by atoms with Gasteiger partial charge in [0, 0.05) is 44.7 Å². The van der Waals surface area contributed by atoms with Gasteiger partial charge in [-0.1, -0.05) is 0 Å². The van der Waals surface area contributed by atoms with Crippen LogP contribution in [0.25, 0.3) is 0 Å². The first-order valence-electron chi connectivity index (χ1n) is 7.24. The molecular formula is C14H24N4O3. The van der Waals surface area contributed by atoms with Gasteiger partial charge in [0.1, 0.15) is 0 Å². The van der Waals surface area contributed by atoms with E-state index >= 15 is 0 Å². The minimum absolute atomic E-state index is 0.0186. The summed E-state index contributed by atoms with van der Waals surface area (Å²) < 4.78 is 10.5. The van der Waals surface area contributed by atoms with Crippen LogP contribution in [0.15, 0.2) is 12.4 Å². The molecule has 2 atom stereocenters. The molecule has 0 radical (unpaired) electrons. The fraction of sp³-hybridized carbons (Fsp3) is 0.714. The summed E-state index contributed by atoms with van der Waals surface area (Å²) in [7, 11) is 1.68. The van der Waals surface area contributed by atoms with E-state index in [4.69, 9.17) is 9.47 Å². The summed E-state index contributed by atoms with van der Waals surface area (Å²) in [5.41, 5.74) is 1.04. The molecule has 1 aliphatic rings. The number of nitrogens with zero attached hydrogens (tertiary/aromatic N) is 3. The van der Waals surface area contributed by atoms with E-state index in [1.165, 1.54) is 0 Å². The zero-order valence-corrected chi connectivity index (χ0v) is 12.7. The van der Waals surface area contributed by atoms with Crippen molar-refractivity contribution in [2.24, 2.45) is 0 Å². The second-order valence-electron chi connectivity index (χ2n) is 5.20. The van der Waals surface area contributed by atoms with E-state index in [-0.39, 0.29) is 18.8 Å². The third-order valence-corrected chi connectivity index (χ3v) is 3.47. The SMILES string of the molecule is COCCNCc1cnc(N2CC(CO)OCC2C)nc1. The standard InChI is InChI=1S/C14H24N4O3/c1-11-10-21-13(9-19)8-18(11)14-16-6-12(7-17-14)5-15-3-4-20-2/h6-7,11,13,15,19H,3-5,8-10H2,1-2H3. The van der Waals surface area contributed by atoms with Crippen LogP contribution in [0, 0.1) is 0 Å². The average molecular weight is 296 g/mol. The number of nitrogens with one attached hydrogen (secondary N) is 1. The number of methoxy groups -OCH3 is 1. The number of aliphatic hydroxyl groups is 1. The second-order valence-corrected chi connectivity index (χ2v) is 5.20. The summed E-state index contributed by atoms with van der Waals surface area (Å²) in [6, 6.07) is 0.207. The average Bonchev–Trinajstić information content (AvgIpc) is 2.53. The highest BCUT2D eigenvalue weighted by molar-refractivity contribution is 5.32. The molecule has 1 aliphatic heterocycles. The van der Waals surface area contributed by atoms with Crippen molar-refractivity contribution in [1.29, 1.82) is 0 Å². The van der Waals surface area contributed by atoms with Gasteiger partial charge in [0.25, 0.3) is 0 Å². The highest BCUT2D eigenvalue weighted by atomic mass is 16.5. The minimum Gasteiger partial charge on any atom is -0.394 e. The summed E-state index contributed by atoms with van der Waals surface area (Å²) in [6.07, 6.45) is 3.50. The van der Waals surface area contributed by atoms with Crippen LogP contribution in [0.5, 0.6) is 0 Å². The maximum Gasteiger partial charge on any atom is 0.225 e. The van der Waals surface area contributed by atoms with Crippen molar-refractivity contribution < 1.29 is 14.6 Å². The van der Waals surface area contributed by atoms with Crippen LogP contribution in [0.1, 0.15) is 12.5 Å². The Balaban J connectivity index is 1.91. The third-order valence-electron chi connectivity index (χ3n) is 3.47. The molecule has 118 valence electrons. The minimum atomic E-state index is -0.166. The van der Waals surface area contributed by atoms with Crippen LogP contribution in [-0.4, -0.2) is 67.2 Å². The normalized spacial score (nSPS) is 22.5. The topological polar surface area (TPSA) is 79.7 Å². The molecule has 2 heterocycles. The molecule has 2 N–H and O–H groups in total. The van der Waals surface area contributed by atoms with E-state index in [1.54, 1.807) is 7.11 Å². The van der Waals surface area contributed by atoms with E-state index in [1.807, 2.05) is 12.4 Å². The van der Waals surface area contributed by atoms with Crippen LogP contribution in [0.4, 0.5) is 5.95 Å². The van der Waals surface area contributed by atoms with Crippen molar-refractivity contribution in [3.63, 3.8) is 0 Å². The first-order chi connectivity index (χ1) is 10.2. The molecule has 1 saturated heterocycles. The number of morpholine rings is 1. The fourth-order valence-corrected chi connectivity index (χ4v) is 2.20. The molecule has 2 rings (SSSR count). The van der Waals surface area contributed by atoms with Crippen LogP contribution in [0.2, 0.25) is 0 Å². The van der Waals surface area contributed by atoms with Gasteiger partial charge in [-0.05, 0) is 6.92 Å². The Hall–Kier alpha value is -1.28. The van der Waals surface area contributed by atoms with Crippen molar-refractivity contribution in [2.45, 2.75) is 25.6 Å². The lowest BCUT2D eigenvalue weighted by molar-refractivity contribution is -0.0108. The molecule has 7 heteroatoms. The van der Waals surface area contributed by atoms with Crippen LogP contribution in [0.3, 0.4) is 0 Å². The smallest absolute Gasteiger partial charge is 0.225 e. The Kier molecular flexibility index (Phi) is 6.31. The van der Waals surface area contributed by atoms with Gasteiger partial charge in [-0.3, -0.25) is 0 Å². The molecule has 7 nitrogen and oxygen atoms in total. The lowest BCUT2D eigenvalue weighted by Crippen LogP contribution is -2.50. The molecule has 0 aromatic carbocycles. The zero-order valence-electron chi connectivity index (χ0n) is 12.7. The van der Waals surface area contributed by atoms with Crippen molar-refractivity contribution in [3.8, 4) is 0 Å². The first-order valence-corrected chi connectivity index (χ1v) is 7.24. The Labute approximate surface area is 125 Å². The highest BCUT2D eigenvalue weighted by Crippen LogP contribution is 2.17. The Morgan fingerprint density at radius 1 is 1.48 bits per heavy atom. The Morgan fingerprint density at radius 2 is 2.24 bits per heavy atom. The van der Waals surface area contributed by atoms with Crippen molar-refractivity contribution in [2.75, 3.05) is 44.9 Å². The van der Waals surface area contributed by atoms with Crippen LogP contribution in [-0.2, 0) is 16.0 Å². The summed E-state index contributed by atoms with van der Waals surface area (Å²) >= 11 is 0. The summed E-state index contributed by atoms with van der Waals surface area (Å²) in [4.78, 5) is 10.9. The number of aromatic nitrogens is 2. The van der Waals surface area contributed by atoms with E-state index in [0.717, 1.165) is 18.7 Å². The predicted molar refractivity (Wildman–Crippen MR) is 79.2 cm³/mol. The molecule has 0 spiro atoms. The Bertz CT molecular complexity index is 415. The maximum atomic E-state index is 9.22. The van der Waals surface area contributed by atoms with E-state index in [0.29, 0.717) is 25.7 Å². The highest BCUT2D eigenvalue weighted by Gasteiger charge is 2.27. The molecule has 0 aliphatic carbocycles. The van der Waals surface area contributed by atoms with Gasteiger partial charge >= 0.3 is 0 Å². The van der Waals surface area contributed by atoms with E-state index < -0.39 is 0 Å². The number of hydrogen-bond donors (Lipinski definition) is 2. The van der Waals surface area contributed by atoms with Gasteiger partial charge in [-0.2, -0.15) is 0 Å². The maximum absolute atomic E-state index is 9.22.